The monoisotopic (exact) mass is 464 g/mol. The van der Waals surface area contributed by atoms with Gasteiger partial charge < -0.3 is 24.7 Å². The number of fused-ring (bicyclic) bond motifs is 2. The van der Waals surface area contributed by atoms with Gasteiger partial charge in [-0.15, -0.1) is 0 Å². The van der Waals surface area contributed by atoms with Crippen LogP contribution in [0.3, 0.4) is 0 Å². The van der Waals surface area contributed by atoms with Gasteiger partial charge in [0, 0.05) is 92.3 Å². The second-order valence-electron chi connectivity index (χ2n) is 10.0. The second-order valence-corrected chi connectivity index (χ2v) is 10.0. The number of hydrogen-bond acceptors (Lipinski definition) is 3. The van der Waals surface area contributed by atoms with E-state index in [1.165, 1.54) is 38.8 Å². The van der Waals surface area contributed by atoms with Crippen LogP contribution in [-0.2, 0) is 0 Å². The number of aryl methyl sites for hydroxylation is 2. The number of H-pyrrole nitrogens is 2. The van der Waals surface area contributed by atoms with Crippen molar-refractivity contribution in [2.75, 3.05) is 57.0 Å². The molecular formula is C30H34N5. The van der Waals surface area contributed by atoms with Gasteiger partial charge in [-0.1, -0.05) is 18.2 Å². The molecule has 0 atom stereocenters. The smallest absolute Gasteiger partial charge is 0.0522 e. The summed E-state index contributed by atoms with van der Waals surface area (Å²) in [7, 11) is 12.5. The maximum Gasteiger partial charge on any atom is 0.0522 e. The SMILES string of the molecule is Cc1c(-c2[c]ccc(N(C)C)c2-c2[nH]c3cc(N(C)C)ccc3c2C)[nH]c2cc(N(C)C)ccc12. The van der Waals surface area contributed by atoms with E-state index < -0.39 is 0 Å². The van der Waals surface area contributed by atoms with Crippen LogP contribution in [0, 0.1) is 19.9 Å². The van der Waals surface area contributed by atoms with Gasteiger partial charge in [-0.2, -0.15) is 0 Å². The van der Waals surface area contributed by atoms with Crippen molar-refractivity contribution in [1.82, 2.24) is 9.97 Å². The van der Waals surface area contributed by atoms with E-state index >= 15 is 0 Å². The Balaban J connectivity index is 1.79. The lowest BCUT2D eigenvalue weighted by atomic mass is 9.95. The third-order valence-corrected chi connectivity index (χ3v) is 7.07. The highest BCUT2D eigenvalue weighted by atomic mass is 15.1. The molecule has 0 amide bonds. The first-order chi connectivity index (χ1) is 16.7. The summed E-state index contributed by atoms with van der Waals surface area (Å²) in [4.78, 5) is 14.0. The lowest BCUT2D eigenvalue weighted by molar-refractivity contribution is 1.13. The lowest BCUT2D eigenvalue weighted by Crippen LogP contribution is -2.11. The fourth-order valence-corrected chi connectivity index (χ4v) is 5.02. The summed E-state index contributed by atoms with van der Waals surface area (Å²) in [5.74, 6) is 0. The van der Waals surface area contributed by atoms with E-state index in [4.69, 9.17) is 0 Å². The largest absolute Gasteiger partial charge is 0.378 e. The zero-order chi connectivity index (χ0) is 25.0. The Morgan fingerprint density at radius 1 is 0.629 bits per heavy atom. The Hall–Kier alpha value is -3.86. The summed E-state index contributed by atoms with van der Waals surface area (Å²) in [6, 6.07) is 21.0. The first-order valence-corrected chi connectivity index (χ1v) is 12.0. The van der Waals surface area contributed by atoms with Gasteiger partial charge in [0.25, 0.3) is 0 Å². The molecule has 35 heavy (non-hydrogen) atoms. The number of benzene rings is 3. The van der Waals surface area contributed by atoms with Gasteiger partial charge in [0.2, 0.25) is 0 Å². The quantitative estimate of drug-likeness (QED) is 0.308. The number of rotatable bonds is 5. The summed E-state index contributed by atoms with van der Waals surface area (Å²) >= 11 is 0. The molecule has 0 aliphatic carbocycles. The number of nitrogens with one attached hydrogen (secondary N) is 2. The molecule has 0 saturated carbocycles. The summed E-state index contributed by atoms with van der Waals surface area (Å²) in [6.07, 6.45) is 0. The van der Waals surface area contributed by atoms with Crippen molar-refractivity contribution in [2.24, 2.45) is 0 Å². The number of anilines is 3. The molecule has 5 rings (SSSR count). The Kier molecular flexibility index (Phi) is 5.51. The molecule has 0 saturated heterocycles. The van der Waals surface area contributed by atoms with Crippen molar-refractivity contribution in [3.63, 3.8) is 0 Å². The van der Waals surface area contributed by atoms with Gasteiger partial charge in [0.15, 0.2) is 0 Å². The fraction of sp³-hybridized carbons (Fsp3) is 0.267. The zero-order valence-corrected chi connectivity index (χ0v) is 22.0. The van der Waals surface area contributed by atoms with E-state index in [0.717, 1.165) is 33.7 Å². The number of aromatic amines is 2. The molecule has 0 aliphatic rings. The highest BCUT2D eigenvalue weighted by Crippen LogP contribution is 2.43. The van der Waals surface area contributed by atoms with Gasteiger partial charge in [0.1, 0.15) is 0 Å². The molecule has 179 valence electrons. The molecule has 2 heterocycles. The fourth-order valence-electron chi connectivity index (χ4n) is 5.02. The van der Waals surface area contributed by atoms with Gasteiger partial charge in [0.05, 0.1) is 11.4 Å². The summed E-state index contributed by atoms with van der Waals surface area (Å²) in [6.45, 7) is 4.41. The van der Waals surface area contributed by atoms with E-state index in [9.17, 15) is 0 Å². The van der Waals surface area contributed by atoms with Crippen LogP contribution in [0.15, 0.2) is 48.5 Å². The van der Waals surface area contributed by atoms with Gasteiger partial charge in [-0.3, -0.25) is 0 Å². The minimum absolute atomic E-state index is 1.08. The van der Waals surface area contributed by atoms with E-state index in [2.05, 4.69) is 129 Å². The first kappa shape index (κ1) is 22.9. The normalized spacial score (nSPS) is 11.4. The van der Waals surface area contributed by atoms with Crippen LogP contribution in [0.25, 0.3) is 44.3 Å². The minimum Gasteiger partial charge on any atom is -0.378 e. The molecule has 5 aromatic rings. The molecule has 5 heteroatoms. The summed E-state index contributed by atoms with van der Waals surface area (Å²) in [5.41, 5.74) is 12.8. The molecular weight excluding hydrogens is 430 g/mol. The third kappa shape index (κ3) is 3.72. The van der Waals surface area contributed by atoms with Crippen molar-refractivity contribution in [2.45, 2.75) is 13.8 Å². The molecule has 5 nitrogen and oxygen atoms in total. The van der Waals surface area contributed by atoms with E-state index in [1.54, 1.807) is 0 Å². The average Bonchev–Trinajstić information content (AvgIpc) is 3.34. The number of nitrogens with zero attached hydrogens (tertiary/aromatic N) is 3. The summed E-state index contributed by atoms with van der Waals surface area (Å²) in [5, 5.41) is 2.48. The highest BCUT2D eigenvalue weighted by Gasteiger charge is 2.22. The highest BCUT2D eigenvalue weighted by molar-refractivity contribution is 6.01. The van der Waals surface area contributed by atoms with Crippen LogP contribution in [-0.4, -0.2) is 52.3 Å². The van der Waals surface area contributed by atoms with Crippen LogP contribution < -0.4 is 14.7 Å². The van der Waals surface area contributed by atoms with Gasteiger partial charge in [-0.05, 0) is 61.4 Å². The predicted octanol–water partition coefficient (Wildman–Crippen LogP) is 6.60. The van der Waals surface area contributed by atoms with Crippen molar-refractivity contribution in [3.8, 4) is 22.5 Å². The topological polar surface area (TPSA) is 41.3 Å². The van der Waals surface area contributed by atoms with Gasteiger partial charge in [-0.25, -0.2) is 0 Å². The van der Waals surface area contributed by atoms with Crippen molar-refractivity contribution in [3.05, 3.63) is 65.7 Å². The van der Waals surface area contributed by atoms with Crippen LogP contribution in [0.5, 0.6) is 0 Å². The third-order valence-electron chi connectivity index (χ3n) is 7.07. The van der Waals surface area contributed by atoms with Crippen LogP contribution >= 0.6 is 0 Å². The molecule has 3 aromatic carbocycles. The lowest BCUT2D eigenvalue weighted by Gasteiger charge is -2.20. The van der Waals surface area contributed by atoms with E-state index in [1.807, 2.05) is 6.07 Å². The molecule has 0 aliphatic heterocycles. The van der Waals surface area contributed by atoms with Crippen molar-refractivity contribution >= 4 is 38.9 Å². The Morgan fingerprint density at radius 3 is 1.66 bits per heavy atom. The minimum atomic E-state index is 1.08. The predicted molar refractivity (Wildman–Crippen MR) is 152 cm³/mol. The summed E-state index contributed by atoms with van der Waals surface area (Å²) < 4.78 is 0. The molecule has 0 fully saturated rings. The van der Waals surface area contributed by atoms with E-state index in [-0.39, 0.29) is 0 Å². The maximum absolute atomic E-state index is 3.76. The standard InChI is InChI=1S/C30H34N5/c1-18-22-14-12-20(33(3)4)16-25(22)31-29(18)24-10-9-11-27(35(7)8)28(24)30-19(2)23-15-13-21(34(5)6)17-26(23)32-30/h9,11-17,31-32H,1-8H3. The second kappa shape index (κ2) is 8.42. The van der Waals surface area contributed by atoms with Crippen molar-refractivity contribution < 1.29 is 0 Å². The molecule has 2 aromatic heterocycles. The zero-order valence-electron chi connectivity index (χ0n) is 22.0. The Bertz CT molecular complexity index is 1550. The molecule has 0 spiro atoms. The van der Waals surface area contributed by atoms with Crippen molar-refractivity contribution in [1.29, 1.82) is 0 Å². The van der Waals surface area contributed by atoms with Crippen LogP contribution in [0.2, 0.25) is 0 Å². The van der Waals surface area contributed by atoms with Gasteiger partial charge >= 0.3 is 0 Å². The Labute approximate surface area is 208 Å². The Morgan fingerprint density at radius 2 is 1.14 bits per heavy atom. The van der Waals surface area contributed by atoms with Crippen LogP contribution in [0.1, 0.15) is 11.1 Å². The molecule has 0 bridgehead atoms. The molecule has 1 radical (unpaired) electrons. The maximum atomic E-state index is 3.76. The first-order valence-electron chi connectivity index (χ1n) is 12.0. The molecule has 2 N–H and O–H groups in total. The number of hydrogen-bond donors (Lipinski definition) is 2. The van der Waals surface area contributed by atoms with Crippen LogP contribution in [0.4, 0.5) is 17.1 Å². The number of aromatic nitrogens is 2. The average molecular weight is 465 g/mol. The molecule has 0 unspecified atom stereocenters. The van der Waals surface area contributed by atoms with E-state index in [0.29, 0.717) is 0 Å².